The lowest BCUT2D eigenvalue weighted by atomic mass is 9.86. The Morgan fingerprint density at radius 2 is 2.04 bits per heavy atom. The summed E-state index contributed by atoms with van der Waals surface area (Å²) in [5.74, 6) is 1.69. The van der Waals surface area contributed by atoms with Crippen molar-refractivity contribution >= 4 is 17.6 Å². The standard InChI is InChI=1S/C22H31N5S/c1-23-21-17(14-25-22(26-21)28-2)13-24-19-11-12-27(20-10-6-9-18(19)20)15-16-7-4-3-5-8-16/h3-5,7-8,14,18-20,24H,6,9-13,15H2,1-2H3,(H,23,25,26)/t18-,19-,20?/m0/s1. The van der Waals surface area contributed by atoms with Crippen molar-refractivity contribution in [1.82, 2.24) is 20.2 Å². The predicted octanol–water partition coefficient (Wildman–Crippen LogP) is 3.77. The monoisotopic (exact) mass is 397 g/mol. The van der Waals surface area contributed by atoms with Crippen molar-refractivity contribution in [1.29, 1.82) is 0 Å². The summed E-state index contributed by atoms with van der Waals surface area (Å²) in [6.07, 6.45) is 9.22. The first-order valence-corrected chi connectivity index (χ1v) is 11.6. The van der Waals surface area contributed by atoms with E-state index >= 15 is 0 Å². The molecule has 5 nitrogen and oxygen atoms in total. The zero-order chi connectivity index (χ0) is 19.3. The van der Waals surface area contributed by atoms with Gasteiger partial charge >= 0.3 is 0 Å². The van der Waals surface area contributed by atoms with Gasteiger partial charge < -0.3 is 10.6 Å². The van der Waals surface area contributed by atoms with Crippen molar-refractivity contribution in [2.24, 2.45) is 5.92 Å². The molecule has 2 N–H and O–H groups in total. The van der Waals surface area contributed by atoms with E-state index in [1.165, 1.54) is 37.8 Å². The molecule has 0 bridgehead atoms. The van der Waals surface area contributed by atoms with Gasteiger partial charge in [-0.2, -0.15) is 0 Å². The molecule has 0 radical (unpaired) electrons. The molecule has 6 heteroatoms. The molecule has 2 aromatic rings. The summed E-state index contributed by atoms with van der Waals surface area (Å²) in [6, 6.07) is 12.2. The molecule has 1 aliphatic carbocycles. The lowest BCUT2D eigenvalue weighted by molar-refractivity contribution is 0.0775. The third-order valence-corrected chi connectivity index (χ3v) is 6.85. The van der Waals surface area contributed by atoms with Gasteiger partial charge in [-0.3, -0.25) is 4.90 Å². The Labute approximate surface area is 172 Å². The first kappa shape index (κ1) is 19.7. The number of hydrogen-bond donors (Lipinski definition) is 2. The van der Waals surface area contributed by atoms with Gasteiger partial charge in [0.25, 0.3) is 0 Å². The number of hydrogen-bond acceptors (Lipinski definition) is 6. The van der Waals surface area contributed by atoms with E-state index in [1.54, 1.807) is 11.8 Å². The summed E-state index contributed by atoms with van der Waals surface area (Å²) in [4.78, 5) is 11.8. The van der Waals surface area contributed by atoms with E-state index in [9.17, 15) is 0 Å². The van der Waals surface area contributed by atoms with Crippen LogP contribution in [0.5, 0.6) is 0 Å². The Kier molecular flexibility index (Phi) is 6.50. The smallest absolute Gasteiger partial charge is 0.189 e. The number of thioether (sulfide) groups is 1. The summed E-state index contributed by atoms with van der Waals surface area (Å²) in [5.41, 5.74) is 2.59. The highest BCUT2D eigenvalue weighted by Gasteiger charge is 2.40. The van der Waals surface area contributed by atoms with Gasteiger partial charge in [-0.25, -0.2) is 9.97 Å². The van der Waals surface area contributed by atoms with E-state index in [0.29, 0.717) is 12.1 Å². The molecule has 3 atom stereocenters. The Morgan fingerprint density at radius 1 is 1.18 bits per heavy atom. The number of nitrogens with one attached hydrogen (secondary N) is 2. The summed E-state index contributed by atoms with van der Waals surface area (Å²) < 4.78 is 0. The van der Waals surface area contributed by atoms with Gasteiger partial charge in [0.05, 0.1) is 0 Å². The molecule has 1 aromatic carbocycles. The van der Waals surface area contributed by atoms with Gasteiger partial charge in [-0.05, 0) is 37.0 Å². The van der Waals surface area contributed by atoms with Crippen LogP contribution in [-0.2, 0) is 13.1 Å². The second kappa shape index (κ2) is 9.25. The molecule has 1 saturated heterocycles. The third-order valence-electron chi connectivity index (χ3n) is 6.29. The molecule has 28 heavy (non-hydrogen) atoms. The maximum absolute atomic E-state index is 4.59. The summed E-state index contributed by atoms with van der Waals surface area (Å²) in [5, 5.41) is 7.90. The molecule has 1 aromatic heterocycles. The Bertz CT molecular complexity index is 769. The zero-order valence-corrected chi connectivity index (χ0v) is 17.7. The van der Waals surface area contributed by atoms with Crippen LogP contribution in [0.15, 0.2) is 41.7 Å². The van der Waals surface area contributed by atoms with Crippen LogP contribution in [0.3, 0.4) is 0 Å². The number of nitrogens with zero attached hydrogens (tertiary/aromatic N) is 3. The summed E-state index contributed by atoms with van der Waals surface area (Å²) in [7, 11) is 1.94. The quantitative estimate of drug-likeness (QED) is 0.548. The maximum Gasteiger partial charge on any atom is 0.189 e. The van der Waals surface area contributed by atoms with E-state index < -0.39 is 0 Å². The predicted molar refractivity (Wildman–Crippen MR) is 117 cm³/mol. The molecule has 0 spiro atoms. The Morgan fingerprint density at radius 3 is 2.82 bits per heavy atom. The molecular weight excluding hydrogens is 366 g/mol. The highest BCUT2D eigenvalue weighted by molar-refractivity contribution is 7.98. The minimum absolute atomic E-state index is 0.587. The number of fused-ring (bicyclic) bond motifs is 1. The van der Waals surface area contributed by atoms with Gasteiger partial charge in [0.2, 0.25) is 0 Å². The van der Waals surface area contributed by atoms with Crippen LogP contribution >= 0.6 is 11.8 Å². The lowest BCUT2D eigenvalue weighted by Crippen LogP contribution is -2.52. The number of rotatable bonds is 7. The number of anilines is 1. The molecule has 1 unspecified atom stereocenters. The number of likely N-dealkylation sites (tertiary alicyclic amines) is 1. The second-order valence-electron chi connectivity index (χ2n) is 7.87. The zero-order valence-electron chi connectivity index (χ0n) is 16.9. The van der Waals surface area contributed by atoms with E-state index in [0.717, 1.165) is 35.5 Å². The topological polar surface area (TPSA) is 53.1 Å². The van der Waals surface area contributed by atoms with Crippen LogP contribution in [0, 0.1) is 5.92 Å². The van der Waals surface area contributed by atoms with E-state index in [4.69, 9.17) is 0 Å². The average molecular weight is 398 g/mol. The van der Waals surface area contributed by atoms with Crippen molar-refractivity contribution in [3.8, 4) is 0 Å². The van der Waals surface area contributed by atoms with Crippen molar-refractivity contribution in [2.75, 3.05) is 25.2 Å². The van der Waals surface area contributed by atoms with Gasteiger partial charge in [0.15, 0.2) is 5.16 Å². The largest absolute Gasteiger partial charge is 0.373 e. The molecular formula is C22H31N5S. The van der Waals surface area contributed by atoms with Gasteiger partial charge in [0, 0.05) is 50.5 Å². The molecule has 4 rings (SSSR count). The maximum atomic E-state index is 4.59. The SMILES string of the molecule is CNc1nc(SC)ncc1CN[C@H]1CCN(Cc2ccccc2)C2CCC[C@H]21. The van der Waals surface area contributed by atoms with Crippen LogP contribution in [0.2, 0.25) is 0 Å². The van der Waals surface area contributed by atoms with Crippen LogP contribution in [-0.4, -0.2) is 46.8 Å². The van der Waals surface area contributed by atoms with Crippen LogP contribution in [0.1, 0.15) is 36.8 Å². The minimum Gasteiger partial charge on any atom is -0.373 e. The van der Waals surface area contributed by atoms with E-state index in [1.807, 2.05) is 19.5 Å². The van der Waals surface area contributed by atoms with Crippen LogP contribution < -0.4 is 10.6 Å². The number of aromatic nitrogens is 2. The number of benzene rings is 1. The molecule has 2 heterocycles. The normalized spacial score (nSPS) is 24.9. The van der Waals surface area contributed by atoms with E-state index in [-0.39, 0.29) is 0 Å². The molecule has 2 aliphatic rings. The van der Waals surface area contributed by atoms with Crippen molar-refractivity contribution in [2.45, 2.75) is 56.0 Å². The second-order valence-corrected chi connectivity index (χ2v) is 8.65. The minimum atomic E-state index is 0.587. The fourth-order valence-electron chi connectivity index (χ4n) is 4.92. The highest BCUT2D eigenvalue weighted by atomic mass is 32.2. The summed E-state index contributed by atoms with van der Waals surface area (Å²) in [6.45, 7) is 3.09. The van der Waals surface area contributed by atoms with Crippen molar-refractivity contribution < 1.29 is 0 Å². The molecule has 1 aliphatic heterocycles. The fourth-order valence-corrected chi connectivity index (χ4v) is 5.26. The van der Waals surface area contributed by atoms with Gasteiger partial charge in [-0.15, -0.1) is 0 Å². The van der Waals surface area contributed by atoms with E-state index in [2.05, 4.69) is 55.8 Å². The van der Waals surface area contributed by atoms with Crippen molar-refractivity contribution in [3.63, 3.8) is 0 Å². The summed E-state index contributed by atoms with van der Waals surface area (Å²) >= 11 is 1.58. The number of piperidine rings is 1. The van der Waals surface area contributed by atoms with Crippen LogP contribution in [0.4, 0.5) is 5.82 Å². The first-order valence-electron chi connectivity index (χ1n) is 10.4. The third kappa shape index (κ3) is 4.34. The first-order chi connectivity index (χ1) is 13.8. The van der Waals surface area contributed by atoms with Crippen LogP contribution in [0.25, 0.3) is 0 Å². The highest BCUT2D eigenvalue weighted by Crippen LogP contribution is 2.38. The molecule has 2 fully saturated rings. The Balaban J connectivity index is 1.39. The van der Waals surface area contributed by atoms with Crippen molar-refractivity contribution in [3.05, 3.63) is 47.7 Å². The van der Waals surface area contributed by atoms with Gasteiger partial charge in [0.1, 0.15) is 5.82 Å². The molecule has 150 valence electrons. The average Bonchev–Trinajstić information content (AvgIpc) is 3.24. The Hall–Kier alpha value is -1.63. The van der Waals surface area contributed by atoms with Gasteiger partial charge in [-0.1, -0.05) is 48.5 Å². The lowest BCUT2D eigenvalue weighted by Gasteiger charge is -2.43. The molecule has 0 amide bonds. The molecule has 1 saturated carbocycles. The fraction of sp³-hybridized carbons (Fsp3) is 0.545.